The smallest absolute Gasteiger partial charge is 0.167 e. The van der Waals surface area contributed by atoms with Gasteiger partial charge in [-0.05, 0) is 0 Å². The second-order valence-corrected chi connectivity index (χ2v) is 7.83. The highest BCUT2D eigenvalue weighted by Gasteiger charge is 2.53. The van der Waals surface area contributed by atoms with Crippen molar-refractivity contribution >= 4 is 7.14 Å². The highest BCUT2D eigenvalue weighted by Crippen LogP contribution is 2.56. The van der Waals surface area contributed by atoms with Gasteiger partial charge in [0.25, 0.3) is 0 Å². The number of hydrogen-bond donors (Lipinski definition) is 0. The Morgan fingerprint density at radius 1 is 1.23 bits per heavy atom. The lowest BCUT2D eigenvalue weighted by atomic mass is 10.5. The van der Waals surface area contributed by atoms with Gasteiger partial charge in [0.1, 0.15) is 19.6 Å². The summed E-state index contributed by atoms with van der Waals surface area (Å²) in [5, 5.41) is 0. The third kappa shape index (κ3) is 1.59. The summed E-state index contributed by atoms with van der Waals surface area (Å²) in [6, 6.07) is 0. The summed E-state index contributed by atoms with van der Waals surface area (Å²) in [6.45, 7) is 3.28. The van der Waals surface area contributed by atoms with E-state index >= 15 is 0 Å². The number of rotatable bonds is 0. The van der Waals surface area contributed by atoms with Crippen molar-refractivity contribution in [2.75, 3.05) is 45.9 Å². The highest BCUT2D eigenvalue weighted by atomic mass is 127. The molecule has 4 rings (SSSR count). The fourth-order valence-corrected chi connectivity index (χ4v) is 6.64. The molecule has 0 radical (unpaired) electrons. The fraction of sp³-hybridized carbons (Fsp3) is 1.00. The molecule has 0 saturated carbocycles. The Kier molecular flexibility index (Phi) is 2.32. The molecule has 0 N–H and O–H groups in total. The molecule has 76 valence electrons. The van der Waals surface area contributed by atoms with E-state index < -0.39 is 7.14 Å². The minimum atomic E-state index is -1.81. The molecule has 0 amide bonds. The number of halogens is 1. The topological polar surface area (TPSA) is 23.6 Å². The van der Waals surface area contributed by atoms with Crippen LogP contribution in [0.1, 0.15) is 0 Å². The molecule has 0 aromatic heterocycles. The summed E-state index contributed by atoms with van der Waals surface area (Å²) in [4.78, 5) is 4.69. The van der Waals surface area contributed by atoms with Gasteiger partial charge < -0.3 is 28.5 Å². The molecule has 4 bridgehead atoms. The average Bonchev–Trinajstić information content (AvgIpc) is 1.75. The number of nitrogens with zero attached hydrogens (tertiary/aromatic N) is 3. The van der Waals surface area contributed by atoms with E-state index in [0.717, 1.165) is 43.3 Å². The van der Waals surface area contributed by atoms with Crippen molar-refractivity contribution in [3.8, 4) is 0 Å². The maximum Gasteiger partial charge on any atom is 0.167 e. The van der Waals surface area contributed by atoms with E-state index in [0.29, 0.717) is 0 Å². The van der Waals surface area contributed by atoms with E-state index in [-0.39, 0.29) is 24.0 Å². The molecule has 2 atom stereocenters. The second-order valence-electron chi connectivity index (χ2n) is 4.87. The molecule has 6 heteroatoms. The lowest BCUT2D eigenvalue weighted by Crippen LogP contribution is -3.00. The first kappa shape index (κ1) is 10.4. The Hall–Kier alpha value is 0.840. The van der Waals surface area contributed by atoms with Crippen LogP contribution in [-0.2, 0) is 4.57 Å². The molecule has 2 unspecified atom stereocenters. The third-order valence-corrected chi connectivity index (χ3v) is 6.03. The van der Waals surface area contributed by atoms with Crippen LogP contribution in [0.4, 0.5) is 0 Å². The summed E-state index contributed by atoms with van der Waals surface area (Å²) in [7, 11) is 0.415. The molecule has 0 aromatic rings. The molecule has 4 saturated heterocycles. The summed E-state index contributed by atoms with van der Waals surface area (Å²) in [5.74, 6) is 0. The van der Waals surface area contributed by atoms with Crippen LogP contribution in [-0.4, -0.2) is 60.2 Å². The van der Waals surface area contributed by atoms with E-state index in [9.17, 15) is 4.57 Å². The standard InChI is InChI=1S/C7H15N3OP.HI/c1-10-3-8-2-9(4-10)6-12(11,5-8)7-10;/h2-7H2,1H3;1H/q+1;/p-1. The van der Waals surface area contributed by atoms with Gasteiger partial charge in [-0.15, -0.1) is 0 Å². The first-order valence-corrected chi connectivity index (χ1v) is 6.69. The Morgan fingerprint density at radius 3 is 2.15 bits per heavy atom. The predicted molar refractivity (Wildman–Crippen MR) is 46.7 cm³/mol. The summed E-state index contributed by atoms with van der Waals surface area (Å²) in [5.41, 5.74) is 0. The molecule has 4 aliphatic heterocycles. The summed E-state index contributed by atoms with van der Waals surface area (Å²) < 4.78 is 13.2. The first-order chi connectivity index (χ1) is 5.57. The normalized spacial score (nSPS) is 57.6. The van der Waals surface area contributed by atoms with Gasteiger partial charge in [0.15, 0.2) is 7.14 Å². The molecule has 0 aromatic carbocycles. The zero-order valence-corrected chi connectivity index (χ0v) is 10.9. The van der Waals surface area contributed by atoms with Crippen molar-refractivity contribution < 1.29 is 33.0 Å². The second kappa shape index (κ2) is 2.92. The minimum Gasteiger partial charge on any atom is -1.00 e. The maximum atomic E-state index is 12.2. The third-order valence-electron chi connectivity index (χ3n) is 3.00. The van der Waals surface area contributed by atoms with E-state index in [4.69, 9.17) is 0 Å². The van der Waals surface area contributed by atoms with E-state index in [2.05, 4.69) is 16.8 Å². The molecule has 0 aliphatic carbocycles. The van der Waals surface area contributed by atoms with Gasteiger partial charge in [-0.3, -0.25) is 4.48 Å². The van der Waals surface area contributed by atoms with Crippen LogP contribution in [0.25, 0.3) is 0 Å². The Morgan fingerprint density at radius 2 is 1.77 bits per heavy atom. The van der Waals surface area contributed by atoms with Gasteiger partial charge in [-0.1, -0.05) is 0 Å². The van der Waals surface area contributed by atoms with Gasteiger partial charge >= 0.3 is 0 Å². The van der Waals surface area contributed by atoms with Gasteiger partial charge in [-0.25, -0.2) is 9.80 Å². The van der Waals surface area contributed by atoms with Gasteiger partial charge in [0.2, 0.25) is 0 Å². The average molecular weight is 315 g/mol. The maximum absolute atomic E-state index is 12.2. The van der Waals surface area contributed by atoms with Crippen molar-refractivity contribution in [3.05, 3.63) is 0 Å². The molecule has 13 heavy (non-hydrogen) atoms. The molecular formula is C7H15IN3OP. The lowest BCUT2D eigenvalue weighted by Gasteiger charge is -2.57. The quantitative estimate of drug-likeness (QED) is 0.274. The molecule has 4 aliphatic rings. The SMILES string of the molecule is C[N+]12CN3CN(C1)CP(=O)(C3)C2.[I-]. The van der Waals surface area contributed by atoms with Crippen LogP contribution in [0.2, 0.25) is 0 Å². The fourth-order valence-electron chi connectivity index (χ4n) is 3.14. The predicted octanol–water partition coefficient (Wildman–Crippen LogP) is -2.81. The van der Waals surface area contributed by atoms with Crippen LogP contribution < -0.4 is 24.0 Å². The largest absolute Gasteiger partial charge is 1.00 e. The Balaban J connectivity index is 0.000000653. The Labute approximate surface area is 95.8 Å². The van der Waals surface area contributed by atoms with Crippen LogP contribution in [0.15, 0.2) is 0 Å². The summed E-state index contributed by atoms with van der Waals surface area (Å²) in [6.07, 6.45) is 2.72. The van der Waals surface area contributed by atoms with Gasteiger partial charge in [0, 0.05) is 0 Å². The van der Waals surface area contributed by atoms with E-state index in [1.54, 1.807) is 0 Å². The lowest BCUT2D eigenvalue weighted by molar-refractivity contribution is -0.931. The Bertz CT molecular complexity index is 267. The van der Waals surface area contributed by atoms with Crippen LogP contribution >= 0.6 is 7.14 Å². The monoisotopic (exact) mass is 315 g/mol. The van der Waals surface area contributed by atoms with Crippen molar-refractivity contribution in [2.45, 2.75) is 0 Å². The van der Waals surface area contributed by atoms with E-state index in [1.807, 2.05) is 0 Å². The minimum absolute atomic E-state index is 0. The van der Waals surface area contributed by atoms with Gasteiger partial charge in [0.05, 0.1) is 26.3 Å². The highest BCUT2D eigenvalue weighted by molar-refractivity contribution is 7.63. The van der Waals surface area contributed by atoms with Gasteiger partial charge in [-0.2, -0.15) is 0 Å². The zero-order chi connectivity index (χ0) is 8.40. The first-order valence-electron chi connectivity index (χ1n) is 4.42. The van der Waals surface area contributed by atoms with Crippen molar-refractivity contribution in [2.24, 2.45) is 0 Å². The van der Waals surface area contributed by atoms with Crippen LogP contribution in [0, 0.1) is 0 Å². The summed E-state index contributed by atoms with van der Waals surface area (Å²) >= 11 is 0. The molecule has 0 spiro atoms. The van der Waals surface area contributed by atoms with Crippen molar-refractivity contribution in [1.29, 1.82) is 0 Å². The number of quaternary nitrogens is 1. The van der Waals surface area contributed by atoms with Crippen LogP contribution in [0.3, 0.4) is 0 Å². The zero-order valence-electron chi connectivity index (χ0n) is 7.82. The van der Waals surface area contributed by atoms with Crippen LogP contribution in [0.5, 0.6) is 0 Å². The number of hydrogen-bond acceptors (Lipinski definition) is 3. The molecule has 4 fully saturated rings. The van der Waals surface area contributed by atoms with E-state index in [1.165, 1.54) is 0 Å². The molecular weight excluding hydrogens is 300 g/mol. The molecule has 4 heterocycles. The van der Waals surface area contributed by atoms with Crippen molar-refractivity contribution in [3.63, 3.8) is 0 Å². The molecule has 4 nitrogen and oxygen atoms in total. The van der Waals surface area contributed by atoms with Crippen molar-refractivity contribution in [1.82, 2.24) is 9.80 Å².